The molecule has 10 rings (SSSR count). The van der Waals surface area contributed by atoms with E-state index in [4.69, 9.17) is 57.1 Å². The Morgan fingerprint density at radius 2 is 1.25 bits per heavy atom. The van der Waals surface area contributed by atoms with Crippen LogP contribution < -0.4 is 26.8 Å². The Kier molecular flexibility index (Phi) is 32.9. The van der Waals surface area contributed by atoms with Gasteiger partial charge in [-0.25, -0.2) is 14.2 Å². The van der Waals surface area contributed by atoms with E-state index in [9.17, 15) is 57.8 Å². The molecule has 0 radical (unpaired) electrons. The van der Waals surface area contributed by atoms with Gasteiger partial charge in [0, 0.05) is 85.8 Å². The number of nitrogens with one attached hydrogen (secondary N) is 4. The van der Waals surface area contributed by atoms with Crippen molar-refractivity contribution in [3.8, 4) is 11.4 Å². The molecule has 5 N–H and O–H groups in total. The van der Waals surface area contributed by atoms with Crippen molar-refractivity contribution in [2.45, 2.75) is 147 Å². The van der Waals surface area contributed by atoms with Gasteiger partial charge in [0.1, 0.15) is 31.9 Å². The number of pyridine rings is 2. The second-order valence-electron chi connectivity index (χ2n) is 28.6. The number of halogens is 1. The first kappa shape index (κ1) is 85.0. The highest BCUT2D eigenvalue weighted by Crippen LogP contribution is 2.48. The number of esters is 1. The van der Waals surface area contributed by atoms with Crippen molar-refractivity contribution in [3.05, 3.63) is 110 Å². The molecule has 30 nitrogen and oxygen atoms in total. The highest BCUT2D eigenvalue weighted by Gasteiger charge is 2.47. The lowest BCUT2D eigenvalue weighted by Gasteiger charge is -2.31. The summed E-state index contributed by atoms with van der Waals surface area (Å²) in [6.07, 6.45) is 6.39. The maximum absolute atomic E-state index is 15.6. The molecular weight excluding hydrogens is 1450 g/mol. The predicted octanol–water partition coefficient (Wildman–Crippen LogP) is 3.92. The number of nitrogens with zero attached hydrogens (tertiary/aromatic N) is 3. The van der Waals surface area contributed by atoms with Crippen LogP contribution in [0, 0.1) is 30.5 Å². The van der Waals surface area contributed by atoms with Gasteiger partial charge in [0.15, 0.2) is 23.0 Å². The number of benzene rings is 2. The van der Waals surface area contributed by atoms with E-state index >= 15 is 4.39 Å². The van der Waals surface area contributed by atoms with Crippen LogP contribution in [0.15, 0.2) is 59.4 Å². The lowest BCUT2D eigenvalue weighted by molar-refractivity contribution is -0.172. The number of ketones is 3. The largest absolute Gasteiger partial charge is 0.458 e. The molecule has 0 unspecified atom stereocenters. The van der Waals surface area contributed by atoms with E-state index in [0.29, 0.717) is 153 Å². The highest BCUT2D eigenvalue weighted by atomic mass is 19.1. The molecule has 2 saturated carbocycles. The Bertz CT molecular complexity index is 3990. The second kappa shape index (κ2) is 43.0. The number of carbonyl (C=O) groups is 10. The summed E-state index contributed by atoms with van der Waals surface area (Å²) in [6, 6.07) is 10.9. The molecule has 5 heterocycles. The number of aryl methyl sites for hydroxylation is 1. The predicted molar refractivity (Wildman–Crippen MR) is 396 cm³/mol. The first-order valence-corrected chi connectivity index (χ1v) is 38.7. The molecule has 6 amide bonds. The number of rotatable bonds is 52. The number of aliphatic hydroxyl groups is 1. The van der Waals surface area contributed by atoms with E-state index in [1.54, 1.807) is 44.2 Å². The van der Waals surface area contributed by atoms with E-state index in [-0.39, 0.29) is 149 Å². The molecular formula is C80H104FN7O23. The number of fused-ring (bicyclic) bond motifs is 5. The molecule has 604 valence electrons. The van der Waals surface area contributed by atoms with Crippen LogP contribution in [0.3, 0.4) is 0 Å². The minimum atomic E-state index is -2.05. The quantitative estimate of drug-likeness (QED) is 0.0159. The van der Waals surface area contributed by atoms with Crippen molar-refractivity contribution in [2.24, 2.45) is 17.8 Å². The van der Waals surface area contributed by atoms with Gasteiger partial charge >= 0.3 is 5.97 Å². The smallest absolute Gasteiger partial charge is 0.343 e. The maximum Gasteiger partial charge on any atom is 0.343 e. The number of ether oxygens (including phenoxy) is 11. The van der Waals surface area contributed by atoms with Gasteiger partial charge in [-0.1, -0.05) is 37.3 Å². The lowest BCUT2D eigenvalue weighted by atomic mass is 9.76. The van der Waals surface area contributed by atoms with Crippen LogP contribution in [0.5, 0.6) is 0 Å². The fourth-order valence-electron chi connectivity index (χ4n) is 14.6. The van der Waals surface area contributed by atoms with Crippen molar-refractivity contribution >= 4 is 69.7 Å². The van der Waals surface area contributed by atoms with Gasteiger partial charge in [-0.3, -0.25) is 52.8 Å². The van der Waals surface area contributed by atoms with E-state index in [1.807, 2.05) is 6.07 Å². The zero-order valence-electron chi connectivity index (χ0n) is 63.4. The molecule has 3 aliphatic carbocycles. The molecule has 2 aromatic carbocycles. The third kappa shape index (κ3) is 24.3. The zero-order chi connectivity index (χ0) is 78.7. The van der Waals surface area contributed by atoms with Crippen molar-refractivity contribution < 1.29 is 110 Å². The molecule has 4 atom stereocenters. The molecule has 31 heteroatoms. The molecule has 0 bridgehead atoms. The highest BCUT2D eigenvalue weighted by molar-refractivity contribution is 6.13. The lowest BCUT2D eigenvalue weighted by Crippen LogP contribution is -2.44. The van der Waals surface area contributed by atoms with Gasteiger partial charge in [0.25, 0.3) is 17.4 Å². The van der Waals surface area contributed by atoms with Gasteiger partial charge in [-0.2, -0.15) is 0 Å². The van der Waals surface area contributed by atoms with Crippen LogP contribution in [0.2, 0.25) is 0 Å². The molecule has 2 fully saturated rings. The van der Waals surface area contributed by atoms with Crippen LogP contribution in [0.1, 0.15) is 135 Å². The number of imide groups is 1. The molecule has 111 heavy (non-hydrogen) atoms. The van der Waals surface area contributed by atoms with E-state index < -0.39 is 64.4 Å². The summed E-state index contributed by atoms with van der Waals surface area (Å²) in [4.78, 5) is 149. The normalized spacial score (nSPS) is 18.8. The minimum Gasteiger partial charge on any atom is -0.458 e. The summed E-state index contributed by atoms with van der Waals surface area (Å²) in [5.41, 5.74) is 2.46. The SMILES string of the molecule is CC[C@@]1(O)C(=O)OCc2c1cc1n(c2=O)Cc2c-1nc1cc(F)c(C)c3c1c2[C@@H](CC(=O)[C@@H](OCNC(=O)CCC(=O)[C@H](Cc1ccccc1)NC(=O)CCC(=O)CNC(=O)COCCOCCOCCOCCOCCOCCOCCOCCOCCNC(=O)C1CCC(CN2C(=O)C=CC2=O)CC1)C1CC1)CC3. The van der Waals surface area contributed by atoms with Gasteiger partial charge in [0.05, 0.1) is 154 Å². The Balaban J connectivity index is 0.514. The molecule has 4 aromatic rings. The van der Waals surface area contributed by atoms with Gasteiger partial charge < -0.3 is 83.0 Å². The van der Waals surface area contributed by atoms with Crippen LogP contribution in [-0.2, 0) is 132 Å². The van der Waals surface area contributed by atoms with Gasteiger partial charge in [0.2, 0.25) is 23.6 Å². The average molecular weight is 1550 g/mol. The molecule has 0 saturated heterocycles. The fourth-order valence-corrected chi connectivity index (χ4v) is 14.6. The van der Waals surface area contributed by atoms with E-state index in [1.165, 1.54) is 27.7 Å². The number of hydrogen-bond donors (Lipinski definition) is 5. The van der Waals surface area contributed by atoms with Crippen molar-refractivity contribution in [1.82, 2.24) is 35.7 Å². The summed E-state index contributed by atoms with van der Waals surface area (Å²) >= 11 is 0. The van der Waals surface area contributed by atoms with Crippen molar-refractivity contribution in [1.29, 1.82) is 0 Å². The Hall–Kier alpha value is -8.47. The Morgan fingerprint density at radius 3 is 1.86 bits per heavy atom. The molecule has 0 spiro atoms. The van der Waals surface area contributed by atoms with Crippen LogP contribution in [-0.4, -0.2) is 236 Å². The summed E-state index contributed by atoms with van der Waals surface area (Å²) in [5, 5.41) is 23.0. The van der Waals surface area contributed by atoms with Crippen molar-refractivity contribution in [3.63, 3.8) is 0 Å². The zero-order valence-corrected chi connectivity index (χ0v) is 63.4. The third-order valence-corrected chi connectivity index (χ3v) is 20.9. The van der Waals surface area contributed by atoms with Gasteiger partial charge in [-0.05, 0) is 117 Å². The van der Waals surface area contributed by atoms with E-state index in [0.717, 1.165) is 60.6 Å². The standard InChI is InChI=1S/C80H104FN7O23/c1-3-80(100)61-43-65-75-59(47-87(65)78(98)60(61)48-110-79(80)99)73-56(15-17-58-51(2)62(81)44-64(86-75)74(58)73)42-67(91)76(54-13-14-54)111-50-84-68(92)20-18-66(90)63(41-52-7-5-4-6-8-52)85-69(93)19-16-57(89)45-83-70(94)49-109-40-39-108-38-37-107-36-35-106-34-33-105-32-31-104-30-29-103-28-27-102-26-25-101-24-23-82-77(97)55-11-9-53(10-12-55)46-88-71(95)21-22-72(88)96/h4-8,21-22,43-44,53-56,63,76,100H,3,9-20,23-42,45-50H2,1-2H3,(H,82,97)(H,83,94)(H,84,92)(H,85,93)/t53?,55?,56-,63+,76+,80+/m1/s1. The van der Waals surface area contributed by atoms with Crippen LogP contribution >= 0.6 is 0 Å². The average Bonchev–Trinajstić information content (AvgIpc) is 1.56. The number of amides is 6. The number of hydrogen-bond acceptors (Lipinski definition) is 24. The molecule has 2 aromatic heterocycles. The third-order valence-electron chi connectivity index (χ3n) is 20.9. The maximum atomic E-state index is 15.6. The summed E-state index contributed by atoms with van der Waals surface area (Å²) in [6.45, 7) is 9.07. The van der Waals surface area contributed by atoms with Crippen LogP contribution in [0.25, 0.3) is 22.3 Å². The topological polar surface area (TPSA) is 379 Å². The van der Waals surface area contributed by atoms with Gasteiger partial charge in [-0.15, -0.1) is 0 Å². The first-order valence-electron chi connectivity index (χ1n) is 38.7. The second-order valence-corrected chi connectivity index (χ2v) is 28.6. The minimum absolute atomic E-state index is 0.00776. The summed E-state index contributed by atoms with van der Waals surface area (Å²) in [5.74, 6) is -4.78. The van der Waals surface area contributed by atoms with Crippen LogP contribution in [0.4, 0.5) is 4.39 Å². The molecule has 3 aliphatic heterocycles. The summed E-state index contributed by atoms with van der Waals surface area (Å²) < 4.78 is 78.1. The number of carbonyl (C=O) groups excluding carboxylic acids is 10. The summed E-state index contributed by atoms with van der Waals surface area (Å²) in [7, 11) is 0. The monoisotopic (exact) mass is 1550 g/mol. The molecule has 6 aliphatic rings. The van der Waals surface area contributed by atoms with E-state index in [2.05, 4.69) is 21.3 Å². The fraction of sp³-hybridized carbons (Fsp3) is 0.600. The first-order chi connectivity index (χ1) is 53.8. The number of Topliss-reactive ketones (excluding diaryl/α,β-unsaturated/α-hetero) is 3. The number of aromatic nitrogens is 2. The number of cyclic esters (lactones) is 1. The Morgan fingerprint density at radius 1 is 0.658 bits per heavy atom. The Labute approximate surface area is 643 Å². The van der Waals surface area contributed by atoms with Crippen molar-refractivity contribution in [2.75, 3.05) is 145 Å².